The Morgan fingerprint density at radius 2 is 2.13 bits per heavy atom. The van der Waals surface area contributed by atoms with Crippen LogP contribution < -0.4 is 5.32 Å². The lowest BCUT2D eigenvalue weighted by Gasteiger charge is -2.22. The molecule has 0 radical (unpaired) electrons. The Bertz CT molecular complexity index is 423. The minimum atomic E-state index is 0.206. The molecule has 1 saturated heterocycles. The fraction of sp³-hybridized carbons (Fsp3) is 0.611. The highest BCUT2D eigenvalue weighted by Gasteiger charge is 2.26. The van der Waals surface area contributed by atoms with Crippen molar-refractivity contribution in [2.75, 3.05) is 26.3 Å². The van der Waals surface area contributed by atoms with E-state index in [1.54, 1.807) is 0 Å². The smallest absolute Gasteiger partial charge is 0.122 e. The first-order chi connectivity index (χ1) is 11.1. The van der Waals surface area contributed by atoms with E-state index in [9.17, 15) is 4.79 Å². The predicted molar refractivity (Wildman–Crippen MR) is 99.5 cm³/mol. The van der Waals surface area contributed by atoms with Crippen LogP contribution in [0.3, 0.4) is 0 Å². The van der Waals surface area contributed by atoms with Crippen molar-refractivity contribution in [3.05, 3.63) is 36.8 Å². The maximum Gasteiger partial charge on any atom is 0.122 e. The molecule has 1 aliphatic heterocycles. The summed E-state index contributed by atoms with van der Waals surface area (Å²) in [6.07, 6.45) is 6.39. The molecule has 5 heteroatoms. The van der Waals surface area contributed by atoms with Crippen molar-refractivity contribution < 1.29 is 9.53 Å². The van der Waals surface area contributed by atoms with Crippen LogP contribution in [0.1, 0.15) is 38.5 Å². The summed E-state index contributed by atoms with van der Waals surface area (Å²) in [7, 11) is 0. The number of carbonyl (C=O) groups is 1. The molecule has 1 N–H and O–H groups in total. The van der Waals surface area contributed by atoms with Crippen LogP contribution in [0.2, 0.25) is 0 Å². The highest BCUT2D eigenvalue weighted by molar-refractivity contribution is 7.81. The Balaban J connectivity index is 1.99. The van der Waals surface area contributed by atoms with Crippen molar-refractivity contribution in [3.63, 3.8) is 0 Å². The van der Waals surface area contributed by atoms with Gasteiger partial charge < -0.3 is 19.7 Å². The summed E-state index contributed by atoms with van der Waals surface area (Å²) in [5, 5.41) is 3.58. The van der Waals surface area contributed by atoms with Gasteiger partial charge in [-0.3, -0.25) is 0 Å². The summed E-state index contributed by atoms with van der Waals surface area (Å²) in [5.41, 5.74) is 3.19. The third kappa shape index (κ3) is 7.75. The third-order valence-corrected chi connectivity index (χ3v) is 4.38. The number of unbranched alkanes of at least 4 members (excludes halogenated alkanes) is 2. The van der Waals surface area contributed by atoms with E-state index in [-0.39, 0.29) is 5.25 Å². The van der Waals surface area contributed by atoms with Gasteiger partial charge in [-0.25, -0.2) is 0 Å². The van der Waals surface area contributed by atoms with Crippen molar-refractivity contribution in [3.8, 4) is 0 Å². The number of likely N-dealkylation sites (tertiary alicyclic amines) is 1. The Labute approximate surface area is 146 Å². The number of nitrogens with zero attached hydrogens (tertiary/aromatic N) is 1. The zero-order chi connectivity index (χ0) is 17.1. The Morgan fingerprint density at radius 3 is 2.78 bits per heavy atom. The van der Waals surface area contributed by atoms with E-state index >= 15 is 0 Å². The summed E-state index contributed by atoms with van der Waals surface area (Å²) >= 11 is 4.50. The molecule has 1 aliphatic rings. The summed E-state index contributed by atoms with van der Waals surface area (Å²) in [6.45, 7) is 15.3. The lowest BCUT2D eigenvalue weighted by molar-refractivity contribution is -0.108. The number of thiol groups is 1. The molecule has 0 bridgehead atoms. The molecular weight excluding hydrogens is 308 g/mol. The summed E-state index contributed by atoms with van der Waals surface area (Å²) in [6, 6.07) is 0. The number of hydrogen-bond donors (Lipinski definition) is 2. The van der Waals surface area contributed by atoms with Crippen molar-refractivity contribution in [2.45, 2.75) is 43.8 Å². The van der Waals surface area contributed by atoms with Crippen LogP contribution in [0.4, 0.5) is 0 Å². The number of hydrogen-bond acceptors (Lipinski definition) is 5. The minimum Gasteiger partial charge on any atom is -0.389 e. The predicted octanol–water partition coefficient (Wildman–Crippen LogP) is 3.29. The van der Waals surface area contributed by atoms with Gasteiger partial charge in [0.25, 0.3) is 0 Å². The van der Waals surface area contributed by atoms with E-state index in [1.165, 1.54) is 0 Å². The molecule has 1 unspecified atom stereocenters. The quantitative estimate of drug-likeness (QED) is 0.307. The maximum absolute atomic E-state index is 10.1. The van der Waals surface area contributed by atoms with Crippen LogP contribution in [0.5, 0.6) is 0 Å². The van der Waals surface area contributed by atoms with Crippen LogP contribution in [0.25, 0.3) is 0 Å². The number of ether oxygens (including phenoxy) is 1. The molecule has 1 rings (SSSR count). The van der Waals surface area contributed by atoms with E-state index in [0.29, 0.717) is 13.0 Å². The fourth-order valence-electron chi connectivity index (χ4n) is 2.48. The molecular formula is C18H30N2O2S. The normalized spacial score (nSPS) is 17.6. The van der Waals surface area contributed by atoms with Gasteiger partial charge in [-0.05, 0) is 19.3 Å². The van der Waals surface area contributed by atoms with Gasteiger partial charge >= 0.3 is 0 Å². The fourth-order valence-corrected chi connectivity index (χ4v) is 2.83. The van der Waals surface area contributed by atoms with Gasteiger partial charge in [-0.2, -0.15) is 12.6 Å². The highest BCUT2D eigenvalue weighted by atomic mass is 32.1. The number of allylic oxidation sites excluding steroid dienone is 1. The van der Waals surface area contributed by atoms with E-state index in [2.05, 4.69) is 42.6 Å². The first-order valence-electron chi connectivity index (χ1n) is 8.31. The van der Waals surface area contributed by atoms with Crippen molar-refractivity contribution in [1.29, 1.82) is 0 Å². The average Bonchev–Trinajstić information content (AvgIpc) is 2.76. The van der Waals surface area contributed by atoms with Crippen LogP contribution in [-0.2, 0) is 9.53 Å². The Morgan fingerprint density at radius 1 is 1.35 bits per heavy atom. The van der Waals surface area contributed by atoms with Crippen molar-refractivity contribution in [2.24, 2.45) is 0 Å². The van der Waals surface area contributed by atoms with E-state index < -0.39 is 0 Å². The van der Waals surface area contributed by atoms with Crippen molar-refractivity contribution >= 4 is 18.9 Å². The zero-order valence-corrected chi connectivity index (χ0v) is 15.0. The summed E-state index contributed by atoms with van der Waals surface area (Å²) in [4.78, 5) is 12.3. The number of carbonyl (C=O) groups excluding carboxylic acids is 1. The Kier molecular flexibility index (Phi) is 9.80. The van der Waals surface area contributed by atoms with Gasteiger partial charge in [0, 0.05) is 61.3 Å². The standard InChI is InChI=1S/C18H30N2O2S/c1-15(8-10-20-16(2)14-18(23)17(20)3)19-9-5-4-6-12-22-13-7-11-21/h11,18-19,23H,1-10,12-14H2. The molecule has 0 aliphatic carbocycles. The van der Waals surface area contributed by atoms with Gasteiger partial charge in [-0.1, -0.05) is 19.7 Å². The monoisotopic (exact) mass is 338 g/mol. The second kappa shape index (κ2) is 11.4. The largest absolute Gasteiger partial charge is 0.389 e. The molecule has 0 amide bonds. The molecule has 0 saturated carbocycles. The molecule has 0 aromatic carbocycles. The van der Waals surface area contributed by atoms with Gasteiger partial charge in [0.2, 0.25) is 0 Å². The van der Waals surface area contributed by atoms with E-state index in [0.717, 1.165) is 75.2 Å². The second-order valence-corrected chi connectivity index (χ2v) is 6.46. The lowest BCUT2D eigenvalue weighted by atomic mass is 10.2. The average molecular weight is 339 g/mol. The number of rotatable bonds is 13. The van der Waals surface area contributed by atoms with Crippen LogP contribution >= 0.6 is 12.6 Å². The molecule has 0 spiro atoms. The molecule has 4 nitrogen and oxygen atoms in total. The van der Waals surface area contributed by atoms with Crippen LogP contribution in [0.15, 0.2) is 36.8 Å². The van der Waals surface area contributed by atoms with Crippen molar-refractivity contribution in [1.82, 2.24) is 10.2 Å². The SMILES string of the molecule is C=C(CCN1C(=C)CC(S)C1=C)NCCCCCOCCC=O. The minimum absolute atomic E-state index is 0.206. The van der Waals surface area contributed by atoms with Gasteiger partial charge in [0.15, 0.2) is 0 Å². The topological polar surface area (TPSA) is 41.6 Å². The number of aldehydes is 1. The van der Waals surface area contributed by atoms with E-state index in [1.807, 2.05) is 0 Å². The maximum atomic E-state index is 10.1. The van der Waals surface area contributed by atoms with Gasteiger partial charge in [-0.15, -0.1) is 0 Å². The molecule has 1 fully saturated rings. The van der Waals surface area contributed by atoms with Crippen LogP contribution in [0, 0.1) is 0 Å². The van der Waals surface area contributed by atoms with Gasteiger partial charge in [0.05, 0.1) is 6.61 Å². The summed E-state index contributed by atoms with van der Waals surface area (Å²) < 4.78 is 5.33. The van der Waals surface area contributed by atoms with E-state index in [4.69, 9.17) is 4.74 Å². The first kappa shape index (κ1) is 19.8. The molecule has 130 valence electrons. The molecule has 0 aromatic rings. The highest BCUT2D eigenvalue weighted by Crippen LogP contribution is 2.32. The second-order valence-electron chi connectivity index (χ2n) is 5.84. The Hall–Kier alpha value is -1.20. The van der Waals surface area contributed by atoms with Gasteiger partial charge in [0.1, 0.15) is 6.29 Å². The lowest BCUT2D eigenvalue weighted by Crippen LogP contribution is -2.22. The molecule has 1 atom stereocenters. The molecule has 23 heavy (non-hydrogen) atoms. The first-order valence-corrected chi connectivity index (χ1v) is 8.83. The zero-order valence-electron chi connectivity index (χ0n) is 14.1. The molecule has 1 heterocycles. The van der Waals surface area contributed by atoms with Crippen LogP contribution in [-0.4, -0.2) is 42.7 Å². The third-order valence-electron chi connectivity index (χ3n) is 3.90. The number of nitrogens with one attached hydrogen (secondary N) is 1. The summed E-state index contributed by atoms with van der Waals surface area (Å²) in [5.74, 6) is 0. The molecule has 0 aromatic heterocycles.